The minimum atomic E-state index is -1.38. The van der Waals surface area contributed by atoms with Crippen molar-refractivity contribution in [3.8, 4) is 6.07 Å². The van der Waals surface area contributed by atoms with Gasteiger partial charge in [-0.1, -0.05) is 0 Å². The highest BCUT2D eigenvalue weighted by Gasteiger charge is 2.30. The van der Waals surface area contributed by atoms with E-state index in [2.05, 4.69) is 0 Å². The third-order valence-electron chi connectivity index (χ3n) is 3.36. The van der Waals surface area contributed by atoms with Gasteiger partial charge in [-0.05, 0) is 18.9 Å². The van der Waals surface area contributed by atoms with Gasteiger partial charge in [0.25, 0.3) is 11.6 Å². The van der Waals surface area contributed by atoms with Crippen LogP contribution in [-0.2, 0) is 0 Å². The molecule has 1 aliphatic rings. The summed E-state index contributed by atoms with van der Waals surface area (Å²) in [5.41, 5.74) is -1.28. The summed E-state index contributed by atoms with van der Waals surface area (Å²) in [7, 11) is 0. The van der Waals surface area contributed by atoms with Gasteiger partial charge in [0.2, 0.25) is 0 Å². The number of nitro benzene ring substituents is 1. The molecular formula is C13H11F2N3O3. The van der Waals surface area contributed by atoms with E-state index in [1.54, 1.807) is 0 Å². The van der Waals surface area contributed by atoms with E-state index in [0.29, 0.717) is 31.5 Å². The first-order valence-electron chi connectivity index (χ1n) is 6.26. The Kier molecular flexibility index (Phi) is 4.12. The number of likely N-dealkylation sites (tertiary alicyclic amines) is 1. The van der Waals surface area contributed by atoms with Crippen LogP contribution in [0.3, 0.4) is 0 Å². The maximum Gasteiger partial charge on any atom is 0.285 e. The largest absolute Gasteiger partial charge is 0.337 e. The van der Waals surface area contributed by atoms with E-state index in [1.165, 1.54) is 4.90 Å². The Hall–Kier alpha value is -2.56. The van der Waals surface area contributed by atoms with Gasteiger partial charge in [-0.3, -0.25) is 14.9 Å². The zero-order chi connectivity index (χ0) is 15.6. The van der Waals surface area contributed by atoms with Gasteiger partial charge in [-0.15, -0.1) is 0 Å². The van der Waals surface area contributed by atoms with E-state index >= 15 is 0 Å². The Bertz CT molecular complexity index is 642. The maximum atomic E-state index is 13.3. The van der Waals surface area contributed by atoms with Crippen molar-refractivity contribution in [2.24, 2.45) is 5.92 Å². The van der Waals surface area contributed by atoms with E-state index in [4.69, 9.17) is 5.26 Å². The molecule has 1 fully saturated rings. The van der Waals surface area contributed by atoms with Crippen molar-refractivity contribution >= 4 is 11.6 Å². The molecule has 0 aromatic heterocycles. The number of nitriles is 1. The molecule has 1 saturated heterocycles. The molecule has 1 heterocycles. The number of nitrogens with zero attached hydrogens (tertiary/aromatic N) is 3. The molecule has 1 atom stereocenters. The maximum absolute atomic E-state index is 13.3. The van der Waals surface area contributed by atoms with Gasteiger partial charge in [-0.25, -0.2) is 8.78 Å². The molecule has 110 valence electrons. The molecule has 0 saturated carbocycles. The molecule has 2 rings (SSSR count). The number of hydrogen-bond acceptors (Lipinski definition) is 4. The first kappa shape index (κ1) is 14.8. The van der Waals surface area contributed by atoms with E-state index in [0.717, 1.165) is 0 Å². The number of carbonyl (C=O) groups is 1. The molecule has 0 N–H and O–H groups in total. The normalized spacial score (nSPS) is 18.1. The second-order valence-corrected chi connectivity index (χ2v) is 4.76. The second-order valence-electron chi connectivity index (χ2n) is 4.76. The first-order valence-corrected chi connectivity index (χ1v) is 6.26. The molecule has 0 radical (unpaired) electrons. The molecular weight excluding hydrogens is 284 g/mol. The summed E-state index contributed by atoms with van der Waals surface area (Å²) >= 11 is 0. The lowest BCUT2D eigenvalue weighted by Gasteiger charge is -2.29. The summed E-state index contributed by atoms with van der Waals surface area (Å²) in [6.07, 6.45) is 1.22. The SMILES string of the molecule is N#CC1CCCN(C(=O)c2cc(F)c(F)cc2[N+](=O)[O-])C1. The zero-order valence-electron chi connectivity index (χ0n) is 10.9. The van der Waals surface area contributed by atoms with Gasteiger partial charge < -0.3 is 4.90 Å². The molecule has 1 aromatic carbocycles. The number of halogens is 2. The summed E-state index contributed by atoms with van der Waals surface area (Å²) in [4.78, 5) is 23.5. The van der Waals surface area contributed by atoms with E-state index in [-0.39, 0.29) is 12.5 Å². The lowest BCUT2D eigenvalue weighted by Crippen LogP contribution is -2.39. The van der Waals surface area contributed by atoms with E-state index in [9.17, 15) is 23.7 Å². The molecule has 1 aliphatic heterocycles. The first-order chi connectivity index (χ1) is 9.93. The van der Waals surface area contributed by atoms with Crippen LogP contribution < -0.4 is 0 Å². The number of carbonyl (C=O) groups excluding carboxylic acids is 1. The summed E-state index contributed by atoms with van der Waals surface area (Å²) in [5.74, 6) is -3.82. The lowest BCUT2D eigenvalue weighted by atomic mass is 9.98. The van der Waals surface area contributed by atoms with Crippen LogP contribution in [0, 0.1) is 39.0 Å². The van der Waals surface area contributed by atoms with Gasteiger partial charge in [0, 0.05) is 13.1 Å². The molecule has 8 heteroatoms. The molecule has 1 amide bonds. The Labute approximate surface area is 118 Å². The number of benzene rings is 1. The molecule has 1 unspecified atom stereocenters. The van der Waals surface area contributed by atoms with Crippen molar-refractivity contribution in [2.75, 3.05) is 13.1 Å². The summed E-state index contributed by atoms with van der Waals surface area (Å²) < 4.78 is 26.4. The van der Waals surface area contributed by atoms with Crippen LogP contribution in [0.25, 0.3) is 0 Å². The molecule has 6 nitrogen and oxygen atoms in total. The number of rotatable bonds is 2. The Balaban J connectivity index is 2.37. The second kappa shape index (κ2) is 5.83. The fraction of sp³-hybridized carbons (Fsp3) is 0.385. The number of piperidine rings is 1. The molecule has 0 spiro atoms. The van der Waals surface area contributed by atoms with Crippen LogP contribution in [0.1, 0.15) is 23.2 Å². The Morgan fingerprint density at radius 3 is 2.71 bits per heavy atom. The number of amides is 1. The van der Waals surface area contributed by atoms with Crippen molar-refractivity contribution in [2.45, 2.75) is 12.8 Å². The average Bonchev–Trinajstić information content (AvgIpc) is 2.48. The fourth-order valence-corrected chi connectivity index (χ4v) is 2.30. The predicted octanol–water partition coefficient (Wildman–Crippen LogP) is 2.25. The van der Waals surface area contributed by atoms with Crippen LogP contribution in [0.15, 0.2) is 12.1 Å². The van der Waals surface area contributed by atoms with Crippen molar-refractivity contribution in [1.29, 1.82) is 5.26 Å². The van der Waals surface area contributed by atoms with Crippen molar-refractivity contribution in [1.82, 2.24) is 4.90 Å². The highest BCUT2D eigenvalue weighted by atomic mass is 19.2. The van der Waals surface area contributed by atoms with Crippen LogP contribution in [-0.4, -0.2) is 28.8 Å². The minimum Gasteiger partial charge on any atom is -0.337 e. The quantitative estimate of drug-likeness (QED) is 0.618. The van der Waals surface area contributed by atoms with E-state index in [1.807, 2.05) is 6.07 Å². The predicted molar refractivity (Wildman–Crippen MR) is 67.3 cm³/mol. The minimum absolute atomic E-state index is 0.130. The van der Waals surface area contributed by atoms with Crippen LogP contribution >= 0.6 is 0 Å². The van der Waals surface area contributed by atoms with Gasteiger partial charge in [0.15, 0.2) is 11.6 Å². The van der Waals surface area contributed by atoms with E-state index < -0.39 is 33.7 Å². The van der Waals surface area contributed by atoms with Gasteiger partial charge in [-0.2, -0.15) is 5.26 Å². The van der Waals surface area contributed by atoms with Gasteiger partial charge in [0.1, 0.15) is 5.56 Å². The monoisotopic (exact) mass is 295 g/mol. The smallest absolute Gasteiger partial charge is 0.285 e. The molecule has 0 aliphatic carbocycles. The number of hydrogen-bond donors (Lipinski definition) is 0. The highest BCUT2D eigenvalue weighted by molar-refractivity contribution is 5.98. The fourth-order valence-electron chi connectivity index (χ4n) is 2.30. The van der Waals surface area contributed by atoms with Crippen LogP contribution in [0.4, 0.5) is 14.5 Å². The summed E-state index contributed by atoms with van der Waals surface area (Å²) in [5, 5.41) is 19.8. The van der Waals surface area contributed by atoms with Gasteiger partial charge in [0.05, 0.1) is 23.0 Å². The van der Waals surface area contributed by atoms with Gasteiger partial charge >= 0.3 is 0 Å². The molecule has 0 bridgehead atoms. The van der Waals surface area contributed by atoms with Crippen molar-refractivity contribution < 1.29 is 18.5 Å². The van der Waals surface area contributed by atoms with Crippen LogP contribution in [0.2, 0.25) is 0 Å². The Morgan fingerprint density at radius 1 is 1.43 bits per heavy atom. The topological polar surface area (TPSA) is 87.2 Å². The van der Waals surface area contributed by atoms with Crippen molar-refractivity contribution in [3.63, 3.8) is 0 Å². The summed E-state index contributed by atoms with van der Waals surface area (Å²) in [6.45, 7) is 0.457. The molecule has 21 heavy (non-hydrogen) atoms. The standard InChI is InChI=1S/C13H11F2N3O3/c14-10-4-9(12(18(20)21)5-11(10)15)13(19)17-3-1-2-8(6-16)7-17/h4-5,8H,1-3,7H2. The van der Waals surface area contributed by atoms with Crippen LogP contribution in [0.5, 0.6) is 0 Å². The van der Waals surface area contributed by atoms with Crippen molar-refractivity contribution in [3.05, 3.63) is 39.4 Å². The highest BCUT2D eigenvalue weighted by Crippen LogP contribution is 2.26. The third kappa shape index (κ3) is 2.97. The Morgan fingerprint density at radius 2 is 2.10 bits per heavy atom. The molecule has 1 aromatic rings. The summed E-state index contributed by atoms with van der Waals surface area (Å²) in [6, 6.07) is 2.97. The lowest BCUT2D eigenvalue weighted by molar-refractivity contribution is -0.385. The average molecular weight is 295 g/mol. The third-order valence-corrected chi connectivity index (χ3v) is 3.36. The zero-order valence-corrected chi connectivity index (χ0v) is 10.9. The number of nitro groups is 1.